The van der Waals surface area contributed by atoms with Crippen molar-refractivity contribution in [1.29, 1.82) is 0 Å². The number of hydrogen-bond donors (Lipinski definition) is 1. The third-order valence-corrected chi connectivity index (χ3v) is 7.37. The fraction of sp³-hybridized carbons (Fsp3) is 0.353. The fourth-order valence-electron chi connectivity index (χ4n) is 4.89. The Morgan fingerprint density at radius 1 is 0.850 bits per heavy atom. The summed E-state index contributed by atoms with van der Waals surface area (Å²) in [6, 6.07) is 24.3. The Labute approximate surface area is 238 Å². The zero-order valence-electron chi connectivity index (χ0n) is 24.0. The number of aryl methyl sites for hydroxylation is 2. The molecular weight excluding hydrogens is 498 g/mol. The molecule has 0 saturated heterocycles. The van der Waals surface area contributed by atoms with Gasteiger partial charge in [-0.2, -0.15) is 0 Å². The van der Waals surface area contributed by atoms with Crippen molar-refractivity contribution in [3.63, 3.8) is 0 Å². The lowest BCUT2D eigenvalue weighted by atomic mass is 10.1. The first-order valence-electron chi connectivity index (χ1n) is 14.2. The van der Waals surface area contributed by atoms with Crippen LogP contribution < -0.4 is 0 Å². The minimum absolute atomic E-state index is 0.000471. The van der Waals surface area contributed by atoms with Crippen LogP contribution in [0.15, 0.2) is 79.0 Å². The number of aromatic nitrogens is 1. The van der Waals surface area contributed by atoms with E-state index in [1.54, 1.807) is 12.0 Å². The number of nitrogens with zero attached hydrogens (tertiary/aromatic N) is 2. The molecule has 4 aromatic rings. The van der Waals surface area contributed by atoms with Crippen molar-refractivity contribution in [1.82, 2.24) is 14.8 Å². The molecule has 6 nitrogen and oxygen atoms in total. The second kappa shape index (κ2) is 14.5. The molecule has 6 heteroatoms. The maximum Gasteiger partial charge on any atom is 0.254 e. The number of carbonyl (C=O) groups is 2. The summed E-state index contributed by atoms with van der Waals surface area (Å²) in [6.45, 7) is 5.97. The number of fused-ring (bicyclic) bond motifs is 1. The summed E-state index contributed by atoms with van der Waals surface area (Å²) in [4.78, 5) is 34.1. The van der Waals surface area contributed by atoms with E-state index in [-0.39, 0.29) is 18.4 Å². The summed E-state index contributed by atoms with van der Waals surface area (Å²) >= 11 is 0. The van der Waals surface area contributed by atoms with E-state index in [4.69, 9.17) is 4.74 Å². The van der Waals surface area contributed by atoms with E-state index in [0.29, 0.717) is 38.2 Å². The van der Waals surface area contributed by atoms with Gasteiger partial charge in [0.15, 0.2) is 0 Å². The standard InChI is InChI=1S/C34H41N3O3/c1-4-5-8-27-15-17-29(18-16-27)34(39)37(21-22-40-3)25-33(38)36(24-28-13-11-26(2)12-14-28)20-19-30-23-35-32-10-7-6-9-31(30)32/h6-7,9-18,23,35H,4-5,8,19-22,24-25H2,1-3H3. The van der Waals surface area contributed by atoms with Crippen LogP contribution in [-0.2, 0) is 28.9 Å². The van der Waals surface area contributed by atoms with Crippen molar-refractivity contribution in [3.8, 4) is 0 Å². The number of H-pyrrole nitrogens is 1. The molecule has 0 aliphatic rings. The van der Waals surface area contributed by atoms with E-state index in [2.05, 4.69) is 55.2 Å². The number of benzene rings is 3. The lowest BCUT2D eigenvalue weighted by Crippen LogP contribution is -2.44. The fourth-order valence-corrected chi connectivity index (χ4v) is 4.89. The molecule has 0 aliphatic heterocycles. The summed E-state index contributed by atoms with van der Waals surface area (Å²) < 4.78 is 5.29. The number of carbonyl (C=O) groups excluding carboxylic acids is 2. The smallest absolute Gasteiger partial charge is 0.254 e. The number of rotatable bonds is 14. The zero-order chi connectivity index (χ0) is 28.3. The first kappa shape index (κ1) is 29.1. The van der Waals surface area contributed by atoms with Crippen LogP contribution >= 0.6 is 0 Å². The van der Waals surface area contributed by atoms with Crippen LogP contribution in [0.3, 0.4) is 0 Å². The Morgan fingerprint density at radius 3 is 2.30 bits per heavy atom. The topological polar surface area (TPSA) is 65.6 Å². The lowest BCUT2D eigenvalue weighted by molar-refractivity contribution is -0.132. The molecule has 210 valence electrons. The summed E-state index contributed by atoms with van der Waals surface area (Å²) in [6.07, 6.45) is 6.00. The number of amides is 2. The quantitative estimate of drug-likeness (QED) is 0.208. The number of methoxy groups -OCH3 is 1. The number of ether oxygens (including phenoxy) is 1. The number of unbranched alkanes of at least 4 members (excludes halogenated alkanes) is 1. The van der Waals surface area contributed by atoms with Gasteiger partial charge in [-0.15, -0.1) is 0 Å². The molecule has 0 aliphatic carbocycles. The van der Waals surface area contributed by atoms with Crippen LogP contribution in [0.1, 0.15) is 52.4 Å². The van der Waals surface area contributed by atoms with Gasteiger partial charge < -0.3 is 19.5 Å². The average molecular weight is 540 g/mol. The number of hydrogen-bond acceptors (Lipinski definition) is 3. The van der Waals surface area contributed by atoms with Crippen molar-refractivity contribution in [2.75, 3.05) is 33.4 Å². The van der Waals surface area contributed by atoms with Gasteiger partial charge in [0, 0.05) is 49.4 Å². The van der Waals surface area contributed by atoms with Gasteiger partial charge in [0.2, 0.25) is 5.91 Å². The molecule has 0 radical (unpaired) electrons. The second-order valence-electron chi connectivity index (χ2n) is 10.4. The minimum Gasteiger partial charge on any atom is -0.383 e. The Balaban J connectivity index is 1.51. The van der Waals surface area contributed by atoms with E-state index in [1.807, 2.05) is 47.5 Å². The van der Waals surface area contributed by atoms with Crippen molar-refractivity contribution >= 4 is 22.7 Å². The highest BCUT2D eigenvalue weighted by atomic mass is 16.5. The summed E-state index contributed by atoms with van der Waals surface area (Å²) in [7, 11) is 1.61. The number of aromatic amines is 1. The van der Waals surface area contributed by atoms with Crippen LogP contribution in [0.2, 0.25) is 0 Å². The SMILES string of the molecule is CCCCc1ccc(C(=O)N(CCOC)CC(=O)N(CCc2c[nH]c3ccccc23)Cc2ccc(C)cc2)cc1. The van der Waals surface area contributed by atoms with E-state index in [1.165, 1.54) is 22.1 Å². The predicted octanol–water partition coefficient (Wildman–Crippen LogP) is 6.18. The van der Waals surface area contributed by atoms with E-state index < -0.39 is 0 Å². The van der Waals surface area contributed by atoms with Gasteiger partial charge in [-0.1, -0.05) is 73.5 Å². The lowest BCUT2D eigenvalue weighted by Gasteiger charge is -2.28. The zero-order valence-corrected chi connectivity index (χ0v) is 24.0. The van der Waals surface area contributed by atoms with Crippen molar-refractivity contribution in [3.05, 3.63) is 107 Å². The molecule has 0 unspecified atom stereocenters. The molecular formula is C34H41N3O3. The van der Waals surface area contributed by atoms with Crippen LogP contribution in [0.5, 0.6) is 0 Å². The predicted molar refractivity (Wildman–Crippen MR) is 161 cm³/mol. The first-order valence-corrected chi connectivity index (χ1v) is 14.2. The van der Waals surface area contributed by atoms with Crippen LogP contribution in [-0.4, -0.2) is 59.9 Å². The summed E-state index contributed by atoms with van der Waals surface area (Å²) in [5, 5.41) is 1.17. The van der Waals surface area contributed by atoms with Crippen LogP contribution in [0.4, 0.5) is 0 Å². The minimum atomic E-state index is -0.153. The summed E-state index contributed by atoms with van der Waals surface area (Å²) in [5.74, 6) is -0.233. The van der Waals surface area contributed by atoms with E-state index in [9.17, 15) is 9.59 Å². The molecule has 1 aromatic heterocycles. The van der Waals surface area contributed by atoms with Gasteiger partial charge in [-0.3, -0.25) is 9.59 Å². The molecule has 0 saturated carbocycles. The van der Waals surface area contributed by atoms with Crippen molar-refractivity contribution in [2.45, 2.75) is 46.1 Å². The second-order valence-corrected chi connectivity index (χ2v) is 10.4. The van der Waals surface area contributed by atoms with Gasteiger partial charge >= 0.3 is 0 Å². The van der Waals surface area contributed by atoms with Crippen molar-refractivity contribution in [2.24, 2.45) is 0 Å². The molecule has 4 rings (SSSR count). The largest absolute Gasteiger partial charge is 0.383 e. The molecule has 3 aromatic carbocycles. The number of nitrogens with one attached hydrogen (secondary N) is 1. The van der Waals surface area contributed by atoms with E-state index >= 15 is 0 Å². The molecule has 1 heterocycles. The molecule has 2 amide bonds. The molecule has 0 fully saturated rings. The first-order chi connectivity index (χ1) is 19.5. The maximum atomic E-state index is 13.8. The van der Waals surface area contributed by atoms with Crippen LogP contribution in [0, 0.1) is 6.92 Å². The Bertz CT molecular complexity index is 1380. The summed E-state index contributed by atoms with van der Waals surface area (Å²) in [5.41, 5.74) is 6.32. The Morgan fingerprint density at radius 2 is 1.57 bits per heavy atom. The third-order valence-electron chi connectivity index (χ3n) is 7.37. The van der Waals surface area contributed by atoms with Gasteiger partial charge in [0.1, 0.15) is 6.54 Å². The Kier molecular flexibility index (Phi) is 10.5. The monoisotopic (exact) mass is 539 g/mol. The van der Waals surface area contributed by atoms with E-state index in [0.717, 1.165) is 30.3 Å². The maximum absolute atomic E-state index is 13.8. The molecule has 1 N–H and O–H groups in total. The molecule has 0 atom stereocenters. The van der Waals surface area contributed by atoms with Gasteiger partial charge in [-0.25, -0.2) is 0 Å². The van der Waals surface area contributed by atoms with Gasteiger partial charge in [-0.05, 0) is 61.1 Å². The highest BCUT2D eigenvalue weighted by Gasteiger charge is 2.23. The normalized spacial score (nSPS) is 11.1. The van der Waals surface area contributed by atoms with Gasteiger partial charge in [0.05, 0.1) is 6.61 Å². The molecule has 0 bridgehead atoms. The molecule has 40 heavy (non-hydrogen) atoms. The Hall–Kier alpha value is -3.90. The van der Waals surface area contributed by atoms with Gasteiger partial charge in [0.25, 0.3) is 5.91 Å². The van der Waals surface area contributed by atoms with Crippen molar-refractivity contribution < 1.29 is 14.3 Å². The molecule has 0 spiro atoms. The van der Waals surface area contributed by atoms with Crippen LogP contribution in [0.25, 0.3) is 10.9 Å². The average Bonchev–Trinajstić information content (AvgIpc) is 3.40. The third kappa shape index (κ3) is 7.82. The highest BCUT2D eigenvalue weighted by Crippen LogP contribution is 2.19. The highest BCUT2D eigenvalue weighted by molar-refractivity contribution is 5.96. The number of para-hydroxylation sites is 1.